The summed E-state index contributed by atoms with van der Waals surface area (Å²) in [5, 5.41) is 16.6. The normalized spacial score (nSPS) is 13.0. The van der Waals surface area contributed by atoms with Crippen LogP contribution in [0.25, 0.3) is 22.3 Å². The first-order valence-electron chi connectivity index (χ1n) is 15.1. The summed E-state index contributed by atoms with van der Waals surface area (Å²) in [6.45, 7) is 7.02. The highest BCUT2D eigenvalue weighted by atomic mass is 16.5. The number of nitrogens with one attached hydrogen (secondary N) is 2. The molecule has 4 aromatic heterocycles. The van der Waals surface area contributed by atoms with E-state index in [0.717, 1.165) is 35.2 Å². The van der Waals surface area contributed by atoms with Crippen molar-refractivity contribution >= 4 is 28.5 Å². The van der Waals surface area contributed by atoms with Crippen molar-refractivity contribution in [3.63, 3.8) is 0 Å². The Kier molecular flexibility index (Phi) is 8.33. The zero-order chi connectivity index (χ0) is 31.7. The van der Waals surface area contributed by atoms with E-state index in [9.17, 15) is 4.79 Å². The number of nitrogens with zero attached hydrogens (tertiary/aromatic N) is 6. The Morgan fingerprint density at radius 3 is 2.62 bits per heavy atom. The molecule has 0 radical (unpaired) electrons. The van der Waals surface area contributed by atoms with Gasteiger partial charge >= 0.3 is 5.97 Å². The zero-order valence-electron chi connectivity index (χ0n) is 26.4. The molecule has 0 bridgehead atoms. The molecule has 13 nitrogen and oxygen atoms in total. The fourth-order valence-corrected chi connectivity index (χ4v) is 5.67. The van der Waals surface area contributed by atoms with Crippen LogP contribution in [0.4, 0.5) is 11.5 Å². The van der Waals surface area contributed by atoms with Crippen molar-refractivity contribution in [2.75, 3.05) is 31.5 Å². The van der Waals surface area contributed by atoms with Gasteiger partial charge in [0.2, 0.25) is 0 Å². The summed E-state index contributed by atoms with van der Waals surface area (Å²) in [7, 11) is 5.12. The number of carbonyl (C=O) groups is 1. The highest BCUT2D eigenvalue weighted by Gasteiger charge is 2.38. The number of ether oxygens (including phenoxy) is 3. The highest BCUT2D eigenvalue weighted by Crippen LogP contribution is 2.47. The largest absolute Gasteiger partial charge is 0.497 e. The highest BCUT2D eigenvalue weighted by molar-refractivity contribution is 6.07. The van der Waals surface area contributed by atoms with Gasteiger partial charge in [-0.2, -0.15) is 5.10 Å². The first-order chi connectivity index (χ1) is 21.8. The average Bonchev–Trinajstić information content (AvgIpc) is 3.50. The van der Waals surface area contributed by atoms with Crippen LogP contribution >= 0.6 is 0 Å². The number of hydrogen-bond donors (Lipinski definition) is 2. The smallest absolute Gasteiger partial charge is 0.344 e. The molecule has 0 amide bonds. The summed E-state index contributed by atoms with van der Waals surface area (Å²) in [6, 6.07) is 5.69. The number of anilines is 2. The lowest BCUT2D eigenvalue weighted by Gasteiger charge is -2.15. The summed E-state index contributed by atoms with van der Waals surface area (Å²) in [4.78, 5) is 23.0. The molecule has 1 aromatic carbocycles. The van der Waals surface area contributed by atoms with Crippen LogP contribution in [0.2, 0.25) is 0 Å². The molecule has 0 aliphatic heterocycles. The van der Waals surface area contributed by atoms with E-state index in [1.165, 1.54) is 0 Å². The van der Waals surface area contributed by atoms with E-state index in [-0.39, 0.29) is 18.6 Å². The second-order valence-corrected chi connectivity index (χ2v) is 11.3. The molecule has 236 valence electrons. The molecule has 0 saturated heterocycles. The summed E-state index contributed by atoms with van der Waals surface area (Å²) < 4.78 is 26.4. The Hall–Kier alpha value is -5.07. The number of methoxy groups -OCH3 is 2. The number of rotatable bonds is 13. The topological polar surface area (TPSA) is 143 Å². The SMILES string of the molecule is CCOC(=O)c1c(-c2c(CNc3cnn(C)c3)n(C(C)C)c3ncnc(NCc4ccc(OC)cc4OC)c23)noc1C1CC1. The van der Waals surface area contributed by atoms with Crippen LogP contribution in [0.5, 0.6) is 11.5 Å². The van der Waals surface area contributed by atoms with Gasteiger partial charge in [0, 0.05) is 54.6 Å². The Balaban J connectivity index is 1.54. The monoisotopic (exact) mass is 614 g/mol. The zero-order valence-corrected chi connectivity index (χ0v) is 26.4. The van der Waals surface area contributed by atoms with E-state index in [4.69, 9.17) is 23.7 Å². The van der Waals surface area contributed by atoms with E-state index in [1.54, 1.807) is 38.3 Å². The van der Waals surface area contributed by atoms with Crippen molar-refractivity contribution in [2.24, 2.45) is 7.05 Å². The third-order valence-corrected chi connectivity index (χ3v) is 7.89. The molecule has 45 heavy (non-hydrogen) atoms. The number of carbonyl (C=O) groups excluding carboxylic acids is 1. The van der Waals surface area contributed by atoms with Crippen molar-refractivity contribution in [2.45, 2.75) is 58.7 Å². The number of esters is 1. The third kappa shape index (κ3) is 5.77. The van der Waals surface area contributed by atoms with Gasteiger partial charge in [0.15, 0.2) is 5.76 Å². The van der Waals surface area contributed by atoms with Gasteiger partial charge in [0.1, 0.15) is 40.5 Å². The van der Waals surface area contributed by atoms with E-state index in [2.05, 4.69) is 44.3 Å². The maximum absolute atomic E-state index is 13.5. The van der Waals surface area contributed by atoms with Crippen molar-refractivity contribution in [1.29, 1.82) is 0 Å². The molecule has 1 fully saturated rings. The molecule has 6 rings (SSSR count). The van der Waals surface area contributed by atoms with Gasteiger partial charge < -0.3 is 33.9 Å². The minimum absolute atomic E-state index is 0.0113. The van der Waals surface area contributed by atoms with E-state index < -0.39 is 5.97 Å². The summed E-state index contributed by atoms with van der Waals surface area (Å²) >= 11 is 0. The van der Waals surface area contributed by atoms with Crippen LogP contribution in [-0.2, 0) is 24.9 Å². The Morgan fingerprint density at radius 2 is 1.96 bits per heavy atom. The van der Waals surface area contributed by atoms with Crippen LogP contribution in [0, 0.1) is 0 Å². The molecule has 1 aliphatic carbocycles. The molecule has 0 spiro atoms. The van der Waals surface area contributed by atoms with Crippen LogP contribution in [0.3, 0.4) is 0 Å². The van der Waals surface area contributed by atoms with Gasteiger partial charge in [-0.1, -0.05) is 5.16 Å². The van der Waals surface area contributed by atoms with Gasteiger partial charge in [0.05, 0.1) is 44.6 Å². The molecule has 0 unspecified atom stereocenters. The maximum atomic E-state index is 13.5. The molecular formula is C32H38N8O5. The molecule has 5 aromatic rings. The lowest BCUT2D eigenvalue weighted by Crippen LogP contribution is -2.12. The van der Waals surface area contributed by atoms with E-state index >= 15 is 0 Å². The summed E-state index contributed by atoms with van der Waals surface area (Å²) in [6.07, 6.45) is 7.08. The van der Waals surface area contributed by atoms with E-state index in [0.29, 0.717) is 58.6 Å². The van der Waals surface area contributed by atoms with Crippen LogP contribution in [-0.4, -0.2) is 56.3 Å². The molecule has 13 heteroatoms. The van der Waals surface area contributed by atoms with Crippen molar-refractivity contribution in [3.05, 3.63) is 59.5 Å². The predicted octanol–water partition coefficient (Wildman–Crippen LogP) is 5.70. The molecule has 1 saturated carbocycles. The number of aryl methyl sites for hydroxylation is 1. The molecular weight excluding hydrogens is 576 g/mol. The maximum Gasteiger partial charge on any atom is 0.344 e. The van der Waals surface area contributed by atoms with Gasteiger partial charge in [-0.15, -0.1) is 0 Å². The first-order valence-corrected chi connectivity index (χ1v) is 15.1. The molecule has 4 heterocycles. The lowest BCUT2D eigenvalue weighted by atomic mass is 10.0. The quantitative estimate of drug-likeness (QED) is 0.158. The number of aromatic nitrogens is 6. The fourth-order valence-electron chi connectivity index (χ4n) is 5.67. The Labute approximate surface area is 260 Å². The van der Waals surface area contributed by atoms with Gasteiger partial charge in [0.25, 0.3) is 0 Å². The molecule has 1 aliphatic rings. The van der Waals surface area contributed by atoms with E-state index in [1.807, 2.05) is 31.4 Å². The van der Waals surface area contributed by atoms with Crippen molar-refractivity contribution < 1.29 is 23.5 Å². The predicted molar refractivity (Wildman–Crippen MR) is 169 cm³/mol. The lowest BCUT2D eigenvalue weighted by molar-refractivity contribution is 0.0524. The Morgan fingerprint density at radius 1 is 1.13 bits per heavy atom. The number of hydrogen-bond acceptors (Lipinski definition) is 11. The molecule has 0 atom stereocenters. The summed E-state index contributed by atoms with van der Waals surface area (Å²) in [5.41, 5.74) is 4.82. The van der Waals surface area contributed by atoms with Gasteiger partial charge in [-0.25, -0.2) is 14.8 Å². The van der Waals surface area contributed by atoms with Crippen LogP contribution in [0.1, 0.15) is 72.9 Å². The number of benzene rings is 1. The average molecular weight is 615 g/mol. The minimum atomic E-state index is -0.457. The van der Waals surface area contributed by atoms with Crippen molar-refractivity contribution in [1.82, 2.24) is 29.5 Å². The molecule has 2 N–H and O–H groups in total. The van der Waals surface area contributed by atoms with Crippen LogP contribution in [0.15, 0.2) is 41.4 Å². The number of fused-ring (bicyclic) bond motifs is 1. The van der Waals surface area contributed by atoms with Crippen molar-refractivity contribution in [3.8, 4) is 22.8 Å². The van der Waals surface area contributed by atoms with Crippen LogP contribution < -0.4 is 20.1 Å². The van der Waals surface area contributed by atoms with Gasteiger partial charge in [-0.3, -0.25) is 4.68 Å². The van der Waals surface area contributed by atoms with Gasteiger partial charge in [-0.05, 0) is 45.7 Å². The first kappa shape index (κ1) is 30.0. The fraction of sp³-hybridized carbons (Fsp3) is 0.406. The standard InChI is InChI=1S/C32H38N8O5/c1-7-44-32(41)27-28(38-45-29(27)19-8-9-19)25-23(15-33-21-14-37-39(4)16-21)40(18(2)3)31-26(25)30(35-17-36-31)34-13-20-10-11-22(42-5)12-24(20)43-6/h10-12,14,16-19,33H,7-9,13,15H2,1-6H3,(H,34,35,36). The minimum Gasteiger partial charge on any atom is -0.497 e. The third-order valence-electron chi connectivity index (χ3n) is 7.89. The second kappa shape index (κ2) is 12.5. The second-order valence-electron chi connectivity index (χ2n) is 11.3. The summed E-state index contributed by atoms with van der Waals surface area (Å²) in [5.74, 6) is 2.21. The Bertz CT molecular complexity index is 1830.